The number of rotatable bonds is 9. The molecule has 1 amide bonds. The number of hydrogen-bond acceptors (Lipinski definition) is 4. The van der Waals surface area contributed by atoms with E-state index in [0.29, 0.717) is 12.1 Å². The van der Waals surface area contributed by atoms with Gasteiger partial charge in [0.2, 0.25) is 0 Å². The van der Waals surface area contributed by atoms with Crippen LogP contribution in [0, 0.1) is 0 Å². The van der Waals surface area contributed by atoms with Crippen molar-refractivity contribution in [3.8, 4) is 0 Å². The largest absolute Gasteiger partial charge is 0.478 e. The summed E-state index contributed by atoms with van der Waals surface area (Å²) < 4.78 is 0. The highest BCUT2D eigenvalue weighted by Crippen LogP contribution is 2.35. The summed E-state index contributed by atoms with van der Waals surface area (Å²) in [7, 11) is 2.07. The zero-order valence-corrected chi connectivity index (χ0v) is 19.5. The van der Waals surface area contributed by atoms with Gasteiger partial charge in [-0.25, -0.2) is 4.79 Å². The minimum Gasteiger partial charge on any atom is -0.478 e. The molecule has 0 spiro atoms. The highest BCUT2D eigenvalue weighted by molar-refractivity contribution is 5.95. The normalized spacial score (nSPS) is 12.6. The Morgan fingerprint density at radius 3 is 2.00 bits per heavy atom. The van der Waals surface area contributed by atoms with E-state index in [2.05, 4.69) is 70.7 Å². The summed E-state index contributed by atoms with van der Waals surface area (Å²) in [5, 5.41) is 11.9. The average Bonchev–Trinajstić information content (AvgIpc) is 3.01. The van der Waals surface area contributed by atoms with E-state index in [-0.39, 0.29) is 11.5 Å². The van der Waals surface area contributed by atoms with Crippen molar-refractivity contribution >= 4 is 23.3 Å². The van der Waals surface area contributed by atoms with Crippen molar-refractivity contribution in [3.05, 3.63) is 95.1 Å². The van der Waals surface area contributed by atoms with Crippen LogP contribution in [0.1, 0.15) is 38.3 Å². The average molecular weight is 458 g/mol. The molecule has 0 saturated carbocycles. The fourth-order valence-electron chi connectivity index (χ4n) is 4.45. The Balaban J connectivity index is 1.28. The van der Waals surface area contributed by atoms with Crippen LogP contribution in [-0.4, -0.2) is 55.1 Å². The lowest BCUT2D eigenvalue weighted by Gasteiger charge is -2.28. The van der Waals surface area contributed by atoms with Gasteiger partial charge in [-0.15, -0.1) is 0 Å². The number of fused-ring (bicyclic) bond motifs is 2. The number of aromatic carboxylic acids is 1. The highest BCUT2D eigenvalue weighted by atomic mass is 16.4. The van der Waals surface area contributed by atoms with Crippen molar-refractivity contribution < 1.29 is 14.7 Å². The van der Waals surface area contributed by atoms with Crippen LogP contribution in [0.4, 0.5) is 11.4 Å². The first-order valence-electron chi connectivity index (χ1n) is 11.8. The maximum Gasteiger partial charge on any atom is 0.335 e. The molecule has 4 rings (SSSR count). The minimum absolute atomic E-state index is 0.172. The topological polar surface area (TPSA) is 72.9 Å². The van der Waals surface area contributed by atoms with Crippen molar-refractivity contribution in [2.75, 3.05) is 38.1 Å². The van der Waals surface area contributed by atoms with Gasteiger partial charge in [0.05, 0.1) is 5.56 Å². The third kappa shape index (κ3) is 5.64. The van der Waals surface area contributed by atoms with Crippen LogP contribution in [0.3, 0.4) is 0 Å². The molecule has 176 valence electrons. The molecule has 6 nitrogen and oxygen atoms in total. The molecule has 0 fully saturated rings. The second-order valence-corrected chi connectivity index (χ2v) is 8.70. The van der Waals surface area contributed by atoms with Gasteiger partial charge in [0.1, 0.15) is 0 Å². The summed E-state index contributed by atoms with van der Waals surface area (Å²) in [5.74, 6) is -1.19. The zero-order chi connectivity index (χ0) is 23.9. The number of carbonyl (C=O) groups excluding carboxylic acids is 1. The standard InChI is InChI=1S/C28H31N3O3/c1-30(20-17-29-27(32)23-13-15-24(16-14-23)28(33)34)18-6-19-31-25-9-4-2-7-21(25)11-12-22-8-3-5-10-26(22)31/h2-5,7-10,13-16H,6,11-12,17-20H2,1H3,(H,29,32)(H,33,34). The van der Waals surface area contributed by atoms with Crippen LogP contribution in [0.5, 0.6) is 0 Å². The zero-order valence-electron chi connectivity index (χ0n) is 19.5. The molecule has 0 aliphatic carbocycles. The third-order valence-electron chi connectivity index (χ3n) is 6.32. The Morgan fingerprint density at radius 2 is 1.41 bits per heavy atom. The Bertz CT molecular complexity index is 1100. The summed E-state index contributed by atoms with van der Waals surface area (Å²) in [6.07, 6.45) is 3.12. The number of nitrogens with one attached hydrogen (secondary N) is 1. The van der Waals surface area contributed by atoms with Gasteiger partial charge in [0, 0.05) is 36.6 Å². The van der Waals surface area contributed by atoms with E-state index in [1.807, 2.05) is 0 Å². The smallest absolute Gasteiger partial charge is 0.335 e. The van der Waals surface area contributed by atoms with Gasteiger partial charge in [-0.2, -0.15) is 0 Å². The van der Waals surface area contributed by atoms with E-state index in [9.17, 15) is 9.59 Å². The van der Waals surface area contributed by atoms with Crippen molar-refractivity contribution in [3.63, 3.8) is 0 Å². The fourth-order valence-corrected chi connectivity index (χ4v) is 4.45. The van der Waals surface area contributed by atoms with Gasteiger partial charge < -0.3 is 20.2 Å². The molecule has 1 aliphatic rings. The Kier molecular flexibility index (Phi) is 7.60. The summed E-state index contributed by atoms with van der Waals surface area (Å²) >= 11 is 0. The number of aryl methyl sites for hydroxylation is 2. The van der Waals surface area contributed by atoms with Crippen LogP contribution in [-0.2, 0) is 12.8 Å². The molecular formula is C28H31N3O3. The lowest BCUT2D eigenvalue weighted by Crippen LogP contribution is -2.34. The van der Waals surface area contributed by atoms with Crippen LogP contribution >= 0.6 is 0 Å². The van der Waals surface area contributed by atoms with Crippen molar-refractivity contribution in [1.82, 2.24) is 10.2 Å². The highest BCUT2D eigenvalue weighted by Gasteiger charge is 2.19. The lowest BCUT2D eigenvalue weighted by atomic mass is 10.0. The lowest BCUT2D eigenvalue weighted by molar-refractivity contribution is 0.0696. The van der Waals surface area contributed by atoms with Gasteiger partial charge in [0.25, 0.3) is 5.91 Å². The number of likely N-dealkylation sites (N-methyl/N-ethyl adjacent to an activating group) is 1. The van der Waals surface area contributed by atoms with Gasteiger partial charge in [0.15, 0.2) is 0 Å². The van der Waals surface area contributed by atoms with Gasteiger partial charge in [-0.05, 0) is 80.4 Å². The summed E-state index contributed by atoms with van der Waals surface area (Å²) in [4.78, 5) is 27.9. The molecule has 0 radical (unpaired) electrons. The number of anilines is 2. The van der Waals surface area contributed by atoms with Gasteiger partial charge in [-0.3, -0.25) is 4.79 Å². The van der Waals surface area contributed by atoms with Gasteiger partial charge in [-0.1, -0.05) is 36.4 Å². The SMILES string of the molecule is CN(CCCN1c2ccccc2CCc2ccccc21)CCNC(=O)c1ccc(C(=O)O)cc1. The molecule has 1 aliphatic heterocycles. The Morgan fingerprint density at radius 1 is 0.853 bits per heavy atom. The van der Waals surface area contributed by atoms with E-state index >= 15 is 0 Å². The summed E-state index contributed by atoms with van der Waals surface area (Å²) in [6.45, 7) is 3.13. The second-order valence-electron chi connectivity index (χ2n) is 8.70. The minimum atomic E-state index is -0.999. The molecule has 0 saturated heterocycles. The van der Waals surface area contributed by atoms with E-state index in [4.69, 9.17) is 5.11 Å². The van der Waals surface area contributed by atoms with E-state index in [1.165, 1.54) is 34.6 Å². The molecule has 0 aromatic heterocycles. The number of amides is 1. The number of benzene rings is 3. The van der Waals surface area contributed by atoms with Crippen LogP contribution in [0.15, 0.2) is 72.8 Å². The molecular weight excluding hydrogens is 426 g/mol. The quantitative estimate of drug-likeness (QED) is 0.499. The first-order chi connectivity index (χ1) is 16.5. The number of carboxylic acids is 1. The molecule has 0 unspecified atom stereocenters. The molecule has 6 heteroatoms. The molecule has 34 heavy (non-hydrogen) atoms. The molecule has 3 aromatic carbocycles. The van der Waals surface area contributed by atoms with Crippen LogP contribution in [0.2, 0.25) is 0 Å². The first kappa shape index (κ1) is 23.5. The monoisotopic (exact) mass is 457 g/mol. The van der Waals surface area contributed by atoms with Crippen LogP contribution in [0.25, 0.3) is 0 Å². The molecule has 0 bridgehead atoms. The molecule has 3 aromatic rings. The van der Waals surface area contributed by atoms with Crippen molar-refractivity contribution in [1.29, 1.82) is 0 Å². The second kappa shape index (κ2) is 11.0. The fraction of sp³-hybridized carbons (Fsp3) is 0.286. The maximum absolute atomic E-state index is 12.3. The summed E-state index contributed by atoms with van der Waals surface area (Å²) in [5.41, 5.74) is 6.03. The molecule has 1 heterocycles. The predicted molar refractivity (Wildman–Crippen MR) is 135 cm³/mol. The summed E-state index contributed by atoms with van der Waals surface area (Å²) in [6, 6.07) is 23.4. The first-order valence-corrected chi connectivity index (χ1v) is 11.8. The Labute approximate surface area is 200 Å². The van der Waals surface area contributed by atoms with E-state index in [1.54, 1.807) is 12.1 Å². The third-order valence-corrected chi connectivity index (χ3v) is 6.32. The van der Waals surface area contributed by atoms with Crippen molar-refractivity contribution in [2.45, 2.75) is 19.3 Å². The number of nitrogens with zero attached hydrogens (tertiary/aromatic N) is 2. The Hall–Kier alpha value is -3.64. The number of hydrogen-bond donors (Lipinski definition) is 2. The molecule has 0 atom stereocenters. The van der Waals surface area contributed by atoms with E-state index in [0.717, 1.165) is 38.9 Å². The number of carbonyl (C=O) groups is 2. The van der Waals surface area contributed by atoms with Crippen LogP contribution < -0.4 is 10.2 Å². The maximum atomic E-state index is 12.3. The van der Waals surface area contributed by atoms with Crippen molar-refractivity contribution in [2.24, 2.45) is 0 Å². The van der Waals surface area contributed by atoms with Gasteiger partial charge >= 0.3 is 5.97 Å². The molecule has 2 N–H and O–H groups in total. The number of carboxylic acid groups (broad SMARTS) is 1. The van der Waals surface area contributed by atoms with E-state index < -0.39 is 5.97 Å². The predicted octanol–water partition coefficient (Wildman–Crippen LogP) is 4.37. The number of para-hydroxylation sites is 2.